The molecule has 1 saturated heterocycles. The van der Waals surface area contributed by atoms with Crippen LogP contribution in [0.2, 0.25) is 5.22 Å². The fraction of sp³-hybridized carbons (Fsp3) is 0.444. The lowest BCUT2D eigenvalue weighted by molar-refractivity contribution is 0.0303. The number of anilines is 1. The van der Waals surface area contributed by atoms with Crippen molar-refractivity contribution < 1.29 is 18.7 Å². The molecule has 3 heterocycles. The zero-order valence-corrected chi connectivity index (χ0v) is 15.8. The Morgan fingerprint density at radius 3 is 2.65 bits per heavy atom. The number of furan rings is 1. The SMILES string of the molecule is O=C(Nc1sc2c(c1C(=O)N1CCOCC1)CCCC2)c1ccc(Cl)o1. The van der Waals surface area contributed by atoms with E-state index in [9.17, 15) is 9.59 Å². The lowest BCUT2D eigenvalue weighted by atomic mass is 9.95. The highest BCUT2D eigenvalue weighted by molar-refractivity contribution is 7.17. The Morgan fingerprint density at radius 2 is 1.92 bits per heavy atom. The summed E-state index contributed by atoms with van der Waals surface area (Å²) in [6.07, 6.45) is 4.00. The summed E-state index contributed by atoms with van der Waals surface area (Å²) >= 11 is 7.26. The summed E-state index contributed by atoms with van der Waals surface area (Å²) in [6.45, 7) is 2.24. The van der Waals surface area contributed by atoms with E-state index in [-0.39, 0.29) is 16.9 Å². The predicted octanol–water partition coefficient (Wildman–Crippen LogP) is 3.60. The first-order valence-corrected chi connectivity index (χ1v) is 9.91. The molecule has 4 rings (SSSR count). The monoisotopic (exact) mass is 394 g/mol. The van der Waals surface area contributed by atoms with E-state index in [4.69, 9.17) is 20.8 Å². The van der Waals surface area contributed by atoms with E-state index < -0.39 is 5.91 Å². The van der Waals surface area contributed by atoms with Gasteiger partial charge in [0.2, 0.25) is 0 Å². The van der Waals surface area contributed by atoms with Crippen molar-refractivity contribution in [2.75, 3.05) is 31.6 Å². The summed E-state index contributed by atoms with van der Waals surface area (Å²) in [4.78, 5) is 28.6. The summed E-state index contributed by atoms with van der Waals surface area (Å²) in [5, 5.41) is 3.63. The van der Waals surface area contributed by atoms with Gasteiger partial charge in [0.1, 0.15) is 5.00 Å². The number of aryl methyl sites for hydroxylation is 1. The van der Waals surface area contributed by atoms with Gasteiger partial charge in [0.25, 0.3) is 11.8 Å². The molecule has 0 saturated carbocycles. The Bertz CT molecular complexity index is 838. The van der Waals surface area contributed by atoms with Gasteiger partial charge in [-0.2, -0.15) is 0 Å². The number of carbonyl (C=O) groups is 2. The van der Waals surface area contributed by atoms with Gasteiger partial charge in [0.05, 0.1) is 18.8 Å². The van der Waals surface area contributed by atoms with E-state index in [0.29, 0.717) is 36.9 Å². The van der Waals surface area contributed by atoms with Gasteiger partial charge in [0, 0.05) is 18.0 Å². The Labute approximate surface area is 160 Å². The van der Waals surface area contributed by atoms with Gasteiger partial charge >= 0.3 is 0 Å². The van der Waals surface area contributed by atoms with E-state index in [1.807, 2.05) is 0 Å². The Kier molecular flexibility index (Phi) is 5.02. The second kappa shape index (κ2) is 7.42. The van der Waals surface area contributed by atoms with Crippen LogP contribution in [0.5, 0.6) is 0 Å². The maximum atomic E-state index is 13.2. The third kappa shape index (κ3) is 3.39. The van der Waals surface area contributed by atoms with Crippen LogP contribution in [0.15, 0.2) is 16.5 Å². The number of morpholine rings is 1. The summed E-state index contributed by atoms with van der Waals surface area (Å²) in [5.74, 6) is -0.293. The summed E-state index contributed by atoms with van der Waals surface area (Å²) in [7, 11) is 0. The van der Waals surface area contributed by atoms with Crippen LogP contribution in [0.4, 0.5) is 5.00 Å². The molecule has 0 spiro atoms. The quantitative estimate of drug-likeness (QED) is 0.863. The maximum Gasteiger partial charge on any atom is 0.292 e. The van der Waals surface area contributed by atoms with Gasteiger partial charge in [-0.1, -0.05) is 0 Å². The van der Waals surface area contributed by atoms with Crippen LogP contribution < -0.4 is 5.32 Å². The van der Waals surface area contributed by atoms with Gasteiger partial charge < -0.3 is 19.4 Å². The standard InChI is InChI=1S/C18H19ClN2O4S/c19-14-6-5-12(25-14)16(22)20-17-15(11-3-1-2-4-13(11)26-17)18(23)21-7-9-24-10-8-21/h5-6H,1-4,7-10H2,(H,20,22). The zero-order valence-electron chi connectivity index (χ0n) is 14.2. The lowest BCUT2D eigenvalue weighted by Crippen LogP contribution is -2.41. The molecule has 1 aliphatic carbocycles. The third-order valence-electron chi connectivity index (χ3n) is 4.71. The number of ether oxygens (including phenoxy) is 1. The molecule has 2 aromatic rings. The second-order valence-corrected chi connectivity index (χ2v) is 7.86. The summed E-state index contributed by atoms with van der Waals surface area (Å²) in [5.41, 5.74) is 1.73. The molecule has 8 heteroatoms. The minimum absolute atomic E-state index is 0.0273. The molecule has 0 unspecified atom stereocenters. The molecule has 2 aliphatic rings. The Balaban J connectivity index is 1.66. The molecule has 0 bridgehead atoms. The van der Waals surface area contributed by atoms with Crippen molar-refractivity contribution >= 4 is 39.8 Å². The van der Waals surface area contributed by atoms with Gasteiger partial charge in [-0.3, -0.25) is 9.59 Å². The average Bonchev–Trinajstić information content (AvgIpc) is 3.25. The van der Waals surface area contributed by atoms with Crippen molar-refractivity contribution in [1.29, 1.82) is 0 Å². The first kappa shape index (κ1) is 17.6. The molecule has 138 valence electrons. The first-order chi connectivity index (χ1) is 12.6. The van der Waals surface area contributed by atoms with Crippen molar-refractivity contribution in [3.63, 3.8) is 0 Å². The van der Waals surface area contributed by atoms with Crippen molar-refractivity contribution in [2.24, 2.45) is 0 Å². The molecule has 1 fully saturated rings. The number of fused-ring (bicyclic) bond motifs is 1. The van der Waals surface area contributed by atoms with Crippen LogP contribution in [-0.2, 0) is 17.6 Å². The van der Waals surface area contributed by atoms with Gasteiger partial charge in [-0.25, -0.2) is 0 Å². The molecule has 0 atom stereocenters. The fourth-order valence-electron chi connectivity index (χ4n) is 3.41. The zero-order chi connectivity index (χ0) is 18.1. The molecular weight excluding hydrogens is 376 g/mol. The van der Waals surface area contributed by atoms with Gasteiger partial charge in [-0.05, 0) is 55.0 Å². The predicted molar refractivity (Wildman–Crippen MR) is 99.4 cm³/mol. The number of nitrogens with zero attached hydrogens (tertiary/aromatic N) is 1. The second-order valence-electron chi connectivity index (χ2n) is 6.38. The molecule has 0 aromatic carbocycles. The van der Waals surface area contributed by atoms with Gasteiger partial charge in [0.15, 0.2) is 11.0 Å². The minimum atomic E-state index is -0.397. The molecule has 0 radical (unpaired) electrons. The van der Waals surface area contributed by atoms with Crippen LogP contribution in [0, 0.1) is 0 Å². The molecular formula is C18H19ClN2O4S. The highest BCUT2D eigenvalue weighted by Gasteiger charge is 2.30. The number of hydrogen-bond acceptors (Lipinski definition) is 5. The van der Waals surface area contributed by atoms with Crippen molar-refractivity contribution in [3.8, 4) is 0 Å². The third-order valence-corrected chi connectivity index (χ3v) is 6.12. The molecule has 2 amide bonds. The lowest BCUT2D eigenvalue weighted by Gasteiger charge is -2.27. The van der Waals surface area contributed by atoms with E-state index in [0.717, 1.165) is 31.2 Å². The first-order valence-electron chi connectivity index (χ1n) is 8.71. The highest BCUT2D eigenvalue weighted by Crippen LogP contribution is 2.39. The number of carbonyl (C=O) groups excluding carboxylic acids is 2. The number of hydrogen-bond donors (Lipinski definition) is 1. The molecule has 2 aromatic heterocycles. The topological polar surface area (TPSA) is 71.8 Å². The molecule has 1 aliphatic heterocycles. The highest BCUT2D eigenvalue weighted by atomic mass is 35.5. The summed E-state index contributed by atoms with van der Waals surface area (Å²) < 4.78 is 10.5. The maximum absolute atomic E-state index is 13.2. The van der Waals surface area contributed by atoms with E-state index >= 15 is 0 Å². The number of nitrogens with one attached hydrogen (secondary N) is 1. The number of rotatable bonds is 3. The van der Waals surface area contributed by atoms with Crippen molar-refractivity contribution in [1.82, 2.24) is 4.90 Å². The van der Waals surface area contributed by atoms with Gasteiger partial charge in [-0.15, -0.1) is 11.3 Å². The Hall–Kier alpha value is -1.83. The Morgan fingerprint density at radius 1 is 1.15 bits per heavy atom. The smallest absolute Gasteiger partial charge is 0.292 e. The minimum Gasteiger partial charge on any atom is -0.440 e. The molecule has 6 nitrogen and oxygen atoms in total. The molecule has 26 heavy (non-hydrogen) atoms. The normalized spacial score (nSPS) is 17.0. The van der Waals surface area contributed by atoms with Crippen molar-refractivity contribution in [3.05, 3.63) is 39.1 Å². The van der Waals surface area contributed by atoms with E-state index in [1.54, 1.807) is 4.90 Å². The fourth-order valence-corrected chi connectivity index (χ4v) is 4.83. The van der Waals surface area contributed by atoms with Crippen molar-refractivity contribution in [2.45, 2.75) is 25.7 Å². The van der Waals surface area contributed by atoms with E-state index in [1.165, 1.54) is 28.3 Å². The number of thiophene rings is 1. The number of amides is 2. The van der Waals surface area contributed by atoms with Crippen LogP contribution in [0.3, 0.4) is 0 Å². The van der Waals surface area contributed by atoms with E-state index in [2.05, 4.69) is 5.32 Å². The van der Waals surface area contributed by atoms with Crippen LogP contribution in [-0.4, -0.2) is 43.0 Å². The average molecular weight is 395 g/mol. The van der Waals surface area contributed by atoms with Crippen LogP contribution in [0.25, 0.3) is 0 Å². The van der Waals surface area contributed by atoms with Crippen LogP contribution in [0.1, 0.15) is 44.2 Å². The summed E-state index contributed by atoms with van der Waals surface area (Å²) in [6, 6.07) is 3.05. The van der Waals surface area contributed by atoms with Crippen LogP contribution >= 0.6 is 22.9 Å². The number of halogens is 1. The largest absolute Gasteiger partial charge is 0.440 e. The molecule has 1 N–H and O–H groups in total.